The van der Waals surface area contributed by atoms with Crippen LogP contribution < -0.4 is 11.1 Å². The van der Waals surface area contributed by atoms with E-state index < -0.39 is 6.04 Å². The minimum atomic E-state index is -0.699. The summed E-state index contributed by atoms with van der Waals surface area (Å²) >= 11 is 0. The second-order valence-corrected chi connectivity index (χ2v) is 4.17. The number of rotatable bonds is 4. The summed E-state index contributed by atoms with van der Waals surface area (Å²) in [6.07, 6.45) is 6.87. The highest BCUT2D eigenvalue weighted by molar-refractivity contribution is 5.82. The average molecular weight is 248 g/mol. The van der Waals surface area contributed by atoms with E-state index >= 15 is 0 Å². The first-order chi connectivity index (χ1) is 8.56. The summed E-state index contributed by atoms with van der Waals surface area (Å²) in [5.41, 5.74) is 7.47. The molecule has 3 N–H and O–H groups in total. The number of amides is 1. The molecule has 7 heteroatoms. The summed E-state index contributed by atoms with van der Waals surface area (Å²) in [5, 5.41) is 10.8. The van der Waals surface area contributed by atoms with Gasteiger partial charge < -0.3 is 11.1 Å². The summed E-state index contributed by atoms with van der Waals surface area (Å²) < 4.78 is 3.30. The molecule has 0 aliphatic heterocycles. The Labute approximate surface area is 105 Å². The van der Waals surface area contributed by atoms with Crippen LogP contribution in [-0.4, -0.2) is 25.5 Å². The molecule has 2 aromatic rings. The second-order valence-electron chi connectivity index (χ2n) is 4.17. The quantitative estimate of drug-likeness (QED) is 0.761. The fourth-order valence-corrected chi connectivity index (χ4v) is 1.61. The maximum atomic E-state index is 11.8. The van der Waals surface area contributed by atoms with Crippen LogP contribution in [0.15, 0.2) is 24.8 Å². The molecule has 2 aromatic heterocycles. The van der Waals surface area contributed by atoms with Crippen molar-refractivity contribution in [3.63, 3.8) is 0 Å². The number of carbonyl (C=O) groups excluding carboxylic acids is 1. The lowest BCUT2D eigenvalue weighted by Gasteiger charge is -2.09. The normalized spacial score (nSPS) is 12.4. The van der Waals surface area contributed by atoms with Gasteiger partial charge in [-0.25, -0.2) is 0 Å². The van der Waals surface area contributed by atoms with Crippen molar-refractivity contribution in [2.45, 2.75) is 12.6 Å². The van der Waals surface area contributed by atoms with Crippen LogP contribution in [0.3, 0.4) is 0 Å². The first-order valence-electron chi connectivity index (χ1n) is 5.55. The Bertz CT molecular complexity index is 543. The van der Waals surface area contributed by atoms with Gasteiger partial charge in [0.05, 0.1) is 12.4 Å². The van der Waals surface area contributed by atoms with E-state index in [1.165, 1.54) is 0 Å². The first kappa shape index (κ1) is 12.3. The largest absolute Gasteiger partial charge is 0.350 e. The van der Waals surface area contributed by atoms with Crippen molar-refractivity contribution in [1.82, 2.24) is 24.9 Å². The van der Waals surface area contributed by atoms with E-state index in [9.17, 15) is 4.79 Å². The molecule has 0 spiro atoms. The van der Waals surface area contributed by atoms with E-state index in [1.807, 2.05) is 13.2 Å². The lowest BCUT2D eigenvalue weighted by atomic mass is 10.1. The maximum Gasteiger partial charge on any atom is 0.241 e. The van der Waals surface area contributed by atoms with E-state index in [0.29, 0.717) is 12.1 Å². The number of carbonyl (C=O) groups is 1. The van der Waals surface area contributed by atoms with Crippen molar-refractivity contribution in [3.8, 4) is 0 Å². The first-order valence-corrected chi connectivity index (χ1v) is 5.55. The molecule has 1 atom stereocenters. The third-order valence-electron chi connectivity index (χ3n) is 2.59. The molecule has 1 unspecified atom stereocenters. The predicted molar refractivity (Wildman–Crippen MR) is 65.2 cm³/mol. The zero-order chi connectivity index (χ0) is 13.1. The van der Waals surface area contributed by atoms with E-state index in [0.717, 1.165) is 5.56 Å². The molecule has 2 rings (SSSR count). The van der Waals surface area contributed by atoms with Crippen molar-refractivity contribution in [3.05, 3.63) is 35.9 Å². The van der Waals surface area contributed by atoms with Gasteiger partial charge in [-0.15, -0.1) is 0 Å². The number of nitrogens with one attached hydrogen (secondary N) is 1. The molecule has 0 saturated heterocycles. The molecular formula is C11H16N6O. The van der Waals surface area contributed by atoms with E-state index in [4.69, 9.17) is 5.73 Å². The molecule has 0 radical (unpaired) electrons. The van der Waals surface area contributed by atoms with Crippen molar-refractivity contribution in [2.75, 3.05) is 0 Å². The number of hydrogen-bond donors (Lipinski definition) is 2. The molecule has 0 aliphatic carbocycles. The van der Waals surface area contributed by atoms with Gasteiger partial charge in [-0.1, -0.05) is 0 Å². The van der Waals surface area contributed by atoms with Crippen LogP contribution >= 0.6 is 0 Å². The van der Waals surface area contributed by atoms with Crippen molar-refractivity contribution in [1.29, 1.82) is 0 Å². The van der Waals surface area contributed by atoms with Gasteiger partial charge in [0.2, 0.25) is 5.91 Å². The summed E-state index contributed by atoms with van der Waals surface area (Å²) in [4.78, 5) is 11.8. The summed E-state index contributed by atoms with van der Waals surface area (Å²) in [5.74, 6) is -0.230. The van der Waals surface area contributed by atoms with Crippen LogP contribution in [0.25, 0.3) is 0 Å². The van der Waals surface area contributed by atoms with Crippen molar-refractivity contribution < 1.29 is 4.79 Å². The van der Waals surface area contributed by atoms with Gasteiger partial charge in [-0.3, -0.25) is 14.2 Å². The molecule has 0 aromatic carbocycles. The zero-order valence-electron chi connectivity index (χ0n) is 10.4. The third-order valence-corrected chi connectivity index (χ3v) is 2.59. The monoisotopic (exact) mass is 248 g/mol. The van der Waals surface area contributed by atoms with Crippen LogP contribution in [0.5, 0.6) is 0 Å². The smallest absolute Gasteiger partial charge is 0.241 e. The molecule has 18 heavy (non-hydrogen) atoms. The summed E-state index contributed by atoms with van der Waals surface area (Å²) in [6.45, 7) is 0.417. The molecule has 2 heterocycles. The molecule has 0 saturated carbocycles. The van der Waals surface area contributed by atoms with E-state index in [-0.39, 0.29) is 5.91 Å². The van der Waals surface area contributed by atoms with Crippen LogP contribution in [0.4, 0.5) is 0 Å². The Balaban J connectivity index is 1.92. The van der Waals surface area contributed by atoms with Crippen LogP contribution in [-0.2, 0) is 25.4 Å². The lowest BCUT2D eigenvalue weighted by Crippen LogP contribution is -2.33. The third kappa shape index (κ3) is 2.75. The standard InChI is InChI=1S/C11H16N6O/c1-16-6-8(4-14-16)3-13-11(18)10(12)9-5-15-17(2)7-9/h4-7,10H,3,12H2,1-2H3,(H,13,18). The fourth-order valence-electron chi connectivity index (χ4n) is 1.61. The molecule has 96 valence electrons. The summed E-state index contributed by atoms with van der Waals surface area (Å²) in [7, 11) is 3.61. The van der Waals surface area contributed by atoms with Crippen molar-refractivity contribution >= 4 is 5.91 Å². The van der Waals surface area contributed by atoms with Gasteiger partial charge in [0.25, 0.3) is 0 Å². The predicted octanol–water partition coefficient (Wildman–Crippen LogP) is -0.530. The number of aryl methyl sites for hydroxylation is 2. The van der Waals surface area contributed by atoms with E-state index in [1.54, 1.807) is 35.0 Å². The molecular weight excluding hydrogens is 232 g/mol. The van der Waals surface area contributed by atoms with Gasteiger partial charge in [-0.2, -0.15) is 10.2 Å². The molecule has 7 nitrogen and oxygen atoms in total. The maximum absolute atomic E-state index is 11.8. The second kappa shape index (κ2) is 5.01. The van der Waals surface area contributed by atoms with Gasteiger partial charge in [0, 0.05) is 44.2 Å². The lowest BCUT2D eigenvalue weighted by molar-refractivity contribution is -0.122. The average Bonchev–Trinajstić information content (AvgIpc) is 2.94. The Morgan fingerprint density at radius 1 is 1.33 bits per heavy atom. The highest BCUT2D eigenvalue weighted by atomic mass is 16.2. The number of hydrogen-bond acceptors (Lipinski definition) is 4. The van der Waals surface area contributed by atoms with Gasteiger partial charge in [0.15, 0.2) is 0 Å². The minimum Gasteiger partial charge on any atom is -0.350 e. The van der Waals surface area contributed by atoms with Gasteiger partial charge in [0.1, 0.15) is 6.04 Å². The Morgan fingerprint density at radius 2 is 2.00 bits per heavy atom. The van der Waals surface area contributed by atoms with Gasteiger partial charge >= 0.3 is 0 Å². The Hall–Kier alpha value is -2.15. The molecule has 0 bridgehead atoms. The zero-order valence-corrected chi connectivity index (χ0v) is 10.4. The Kier molecular flexibility index (Phi) is 3.42. The molecule has 1 amide bonds. The van der Waals surface area contributed by atoms with Crippen LogP contribution in [0, 0.1) is 0 Å². The summed E-state index contributed by atoms with van der Waals surface area (Å²) in [6, 6.07) is -0.699. The SMILES string of the molecule is Cn1cc(CNC(=O)C(N)c2cnn(C)c2)cn1. The van der Waals surface area contributed by atoms with Gasteiger partial charge in [-0.05, 0) is 0 Å². The van der Waals surface area contributed by atoms with Crippen molar-refractivity contribution in [2.24, 2.45) is 19.8 Å². The number of aromatic nitrogens is 4. The number of nitrogens with two attached hydrogens (primary N) is 1. The molecule has 0 aliphatic rings. The molecule has 0 fully saturated rings. The topological polar surface area (TPSA) is 90.8 Å². The number of nitrogens with zero attached hydrogens (tertiary/aromatic N) is 4. The highest BCUT2D eigenvalue weighted by Gasteiger charge is 2.16. The van der Waals surface area contributed by atoms with E-state index in [2.05, 4.69) is 15.5 Å². The van der Waals surface area contributed by atoms with Crippen LogP contribution in [0.2, 0.25) is 0 Å². The highest BCUT2D eigenvalue weighted by Crippen LogP contribution is 2.08. The van der Waals surface area contributed by atoms with Crippen LogP contribution in [0.1, 0.15) is 17.2 Å². The fraction of sp³-hybridized carbons (Fsp3) is 0.364. The Morgan fingerprint density at radius 3 is 2.56 bits per heavy atom. The minimum absolute atomic E-state index is 0.230.